The molecule has 126 valence electrons. The number of hydrogen-bond acceptors (Lipinski definition) is 3. The molecule has 1 aliphatic rings. The molecule has 0 unspecified atom stereocenters. The lowest BCUT2D eigenvalue weighted by Crippen LogP contribution is -2.39. The first kappa shape index (κ1) is 17.2. The number of sulfonamides is 1. The zero-order chi connectivity index (χ0) is 17.3. The van der Waals surface area contributed by atoms with Crippen molar-refractivity contribution in [2.24, 2.45) is 0 Å². The van der Waals surface area contributed by atoms with Gasteiger partial charge in [0.15, 0.2) is 0 Å². The van der Waals surface area contributed by atoms with Crippen LogP contribution >= 0.6 is 23.2 Å². The number of fused-ring (bicyclic) bond motifs is 1. The summed E-state index contributed by atoms with van der Waals surface area (Å²) in [6.07, 6.45) is 0.765. The smallest absolute Gasteiger partial charge is 0.242 e. The Kier molecular flexibility index (Phi) is 4.83. The van der Waals surface area contributed by atoms with Gasteiger partial charge >= 0.3 is 0 Å². The van der Waals surface area contributed by atoms with E-state index in [4.69, 9.17) is 23.2 Å². The highest BCUT2D eigenvalue weighted by atomic mass is 35.5. The minimum Gasteiger partial charge on any atom is -0.311 e. The van der Waals surface area contributed by atoms with Crippen LogP contribution in [0.5, 0.6) is 0 Å². The molecule has 2 aromatic carbocycles. The Balaban J connectivity index is 1.71. The van der Waals surface area contributed by atoms with Gasteiger partial charge < -0.3 is 4.90 Å². The average Bonchev–Trinajstić information content (AvgIpc) is 2.99. The van der Waals surface area contributed by atoms with Crippen LogP contribution in [0.4, 0.5) is 5.69 Å². The lowest BCUT2D eigenvalue weighted by atomic mass is 10.2. The quantitative estimate of drug-likeness (QED) is 0.880. The zero-order valence-corrected chi connectivity index (χ0v) is 14.8. The highest BCUT2D eigenvalue weighted by Gasteiger charge is 2.25. The highest BCUT2D eigenvalue weighted by Crippen LogP contribution is 2.27. The Labute approximate surface area is 150 Å². The number of carbonyl (C=O) groups excluding carboxylic acids is 1. The summed E-state index contributed by atoms with van der Waals surface area (Å²) in [5.41, 5.74) is 1.91. The number of amides is 1. The lowest BCUT2D eigenvalue weighted by Gasteiger charge is -2.17. The van der Waals surface area contributed by atoms with E-state index in [0.29, 0.717) is 6.54 Å². The first-order valence-electron chi connectivity index (χ1n) is 7.21. The van der Waals surface area contributed by atoms with Crippen molar-refractivity contribution in [1.29, 1.82) is 0 Å². The fourth-order valence-electron chi connectivity index (χ4n) is 2.58. The molecule has 0 aliphatic carbocycles. The van der Waals surface area contributed by atoms with Crippen LogP contribution < -0.4 is 9.62 Å². The van der Waals surface area contributed by atoms with Crippen LogP contribution in [0.25, 0.3) is 0 Å². The van der Waals surface area contributed by atoms with Gasteiger partial charge in [0.05, 0.1) is 21.5 Å². The molecule has 1 heterocycles. The van der Waals surface area contributed by atoms with Crippen molar-refractivity contribution < 1.29 is 13.2 Å². The SMILES string of the molecule is O=C(CNS(=O)(=O)c1ccc(Cl)c(Cl)c1)N1CCc2ccccc21. The van der Waals surface area contributed by atoms with Gasteiger partial charge in [-0.25, -0.2) is 13.1 Å². The van der Waals surface area contributed by atoms with Crippen LogP contribution in [0.1, 0.15) is 5.56 Å². The van der Waals surface area contributed by atoms with Crippen LogP contribution in [-0.4, -0.2) is 27.4 Å². The fourth-order valence-corrected chi connectivity index (χ4v) is 3.94. The summed E-state index contributed by atoms with van der Waals surface area (Å²) in [6, 6.07) is 11.6. The molecule has 2 aromatic rings. The van der Waals surface area contributed by atoms with Crippen LogP contribution in [0, 0.1) is 0 Å². The van der Waals surface area contributed by atoms with Crippen molar-refractivity contribution in [3.05, 3.63) is 58.1 Å². The van der Waals surface area contributed by atoms with Gasteiger partial charge in [-0.2, -0.15) is 0 Å². The van der Waals surface area contributed by atoms with E-state index in [-0.39, 0.29) is 27.4 Å². The van der Waals surface area contributed by atoms with Gasteiger partial charge in [0.25, 0.3) is 0 Å². The standard InChI is InChI=1S/C16H14Cl2N2O3S/c17-13-6-5-12(9-14(13)18)24(22,23)19-10-16(21)20-8-7-11-3-1-2-4-15(11)20/h1-6,9,19H,7-8,10H2. The Morgan fingerprint density at radius 2 is 1.88 bits per heavy atom. The number of halogens is 2. The van der Waals surface area contributed by atoms with E-state index in [2.05, 4.69) is 4.72 Å². The summed E-state index contributed by atoms with van der Waals surface area (Å²) in [4.78, 5) is 13.9. The van der Waals surface area contributed by atoms with Crippen LogP contribution in [-0.2, 0) is 21.2 Å². The summed E-state index contributed by atoms with van der Waals surface area (Å²) in [6.45, 7) is 0.226. The molecular formula is C16H14Cl2N2O3S. The van der Waals surface area contributed by atoms with E-state index in [1.54, 1.807) is 4.90 Å². The van der Waals surface area contributed by atoms with Crippen molar-refractivity contribution in [1.82, 2.24) is 4.72 Å². The summed E-state index contributed by atoms with van der Waals surface area (Å²) in [7, 11) is -3.84. The number of benzene rings is 2. The highest BCUT2D eigenvalue weighted by molar-refractivity contribution is 7.89. The lowest BCUT2D eigenvalue weighted by molar-refractivity contribution is -0.117. The zero-order valence-electron chi connectivity index (χ0n) is 12.5. The van der Waals surface area contributed by atoms with Gasteiger partial charge in [0.2, 0.25) is 15.9 Å². The Bertz CT molecular complexity index is 900. The van der Waals surface area contributed by atoms with Crippen LogP contribution in [0.3, 0.4) is 0 Å². The normalized spacial score (nSPS) is 13.8. The van der Waals surface area contributed by atoms with Gasteiger partial charge in [-0.15, -0.1) is 0 Å². The Morgan fingerprint density at radius 3 is 2.62 bits per heavy atom. The molecule has 3 rings (SSSR count). The topological polar surface area (TPSA) is 66.5 Å². The number of para-hydroxylation sites is 1. The Morgan fingerprint density at radius 1 is 1.12 bits per heavy atom. The third kappa shape index (κ3) is 3.42. The van der Waals surface area contributed by atoms with E-state index >= 15 is 0 Å². The second-order valence-electron chi connectivity index (χ2n) is 5.32. The first-order valence-corrected chi connectivity index (χ1v) is 9.45. The number of nitrogens with one attached hydrogen (secondary N) is 1. The van der Waals surface area contributed by atoms with Gasteiger partial charge in [-0.05, 0) is 36.2 Å². The minimum absolute atomic E-state index is 0.0356. The van der Waals surface area contributed by atoms with Crippen LogP contribution in [0.15, 0.2) is 47.4 Å². The molecule has 0 saturated heterocycles. The predicted molar refractivity (Wildman–Crippen MR) is 94.1 cm³/mol. The van der Waals surface area contributed by atoms with Crippen molar-refractivity contribution >= 4 is 44.8 Å². The molecule has 5 nitrogen and oxygen atoms in total. The summed E-state index contributed by atoms with van der Waals surface area (Å²) < 4.78 is 26.9. The molecule has 1 N–H and O–H groups in total. The number of rotatable bonds is 4. The van der Waals surface area contributed by atoms with Crippen molar-refractivity contribution in [2.75, 3.05) is 18.0 Å². The van der Waals surface area contributed by atoms with Crippen molar-refractivity contribution in [3.63, 3.8) is 0 Å². The molecule has 0 bridgehead atoms. The third-order valence-corrected chi connectivity index (χ3v) is 5.94. The number of hydrogen-bond donors (Lipinski definition) is 1. The minimum atomic E-state index is -3.84. The molecule has 1 amide bonds. The molecule has 0 radical (unpaired) electrons. The van der Waals surface area contributed by atoms with Gasteiger partial charge in [-0.3, -0.25) is 4.79 Å². The number of anilines is 1. The van der Waals surface area contributed by atoms with Gasteiger partial charge in [-0.1, -0.05) is 41.4 Å². The molecule has 0 atom stereocenters. The monoisotopic (exact) mass is 384 g/mol. The second kappa shape index (κ2) is 6.72. The van der Waals surface area contributed by atoms with Crippen molar-refractivity contribution in [3.8, 4) is 0 Å². The summed E-state index contributed by atoms with van der Waals surface area (Å²) in [5.74, 6) is -0.302. The summed E-state index contributed by atoms with van der Waals surface area (Å²) in [5, 5.41) is 0.403. The van der Waals surface area contributed by atoms with E-state index in [9.17, 15) is 13.2 Å². The molecule has 0 aromatic heterocycles. The van der Waals surface area contributed by atoms with Crippen LogP contribution in [0.2, 0.25) is 10.0 Å². The maximum atomic E-state index is 12.4. The molecule has 1 aliphatic heterocycles. The van der Waals surface area contributed by atoms with E-state index in [0.717, 1.165) is 17.7 Å². The Hall–Kier alpha value is -1.60. The molecule has 8 heteroatoms. The molecule has 24 heavy (non-hydrogen) atoms. The molecular weight excluding hydrogens is 371 g/mol. The first-order chi connectivity index (χ1) is 11.4. The maximum absolute atomic E-state index is 12.4. The number of carbonyl (C=O) groups is 1. The van der Waals surface area contributed by atoms with Crippen molar-refractivity contribution in [2.45, 2.75) is 11.3 Å². The summed E-state index contributed by atoms with van der Waals surface area (Å²) >= 11 is 11.6. The van der Waals surface area contributed by atoms with Gasteiger partial charge in [0.1, 0.15) is 0 Å². The second-order valence-corrected chi connectivity index (χ2v) is 7.91. The van der Waals surface area contributed by atoms with E-state index < -0.39 is 10.0 Å². The predicted octanol–water partition coefficient (Wildman–Crippen LogP) is 2.86. The van der Waals surface area contributed by atoms with E-state index in [1.165, 1.54) is 18.2 Å². The maximum Gasteiger partial charge on any atom is 0.242 e. The largest absolute Gasteiger partial charge is 0.311 e. The average molecular weight is 385 g/mol. The molecule has 0 fully saturated rings. The molecule has 0 spiro atoms. The van der Waals surface area contributed by atoms with E-state index in [1.807, 2.05) is 24.3 Å². The van der Waals surface area contributed by atoms with Gasteiger partial charge in [0, 0.05) is 12.2 Å². The fraction of sp³-hybridized carbons (Fsp3) is 0.188. The molecule has 0 saturated carbocycles. The number of nitrogens with zero attached hydrogens (tertiary/aromatic N) is 1. The third-order valence-electron chi connectivity index (χ3n) is 3.80.